The Morgan fingerprint density at radius 2 is 1.85 bits per heavy atom. The zero-order chi connectivity index (χ0) is 18.5. The highest BCUT2D eigenvalue weighted by Crippen LogP contribution is 2.38. The Morgan fingerprint density at radius 1 is 1.12 bits per heavy atom. The van der Waals surface area contributed by atoms with Gasteiger partial charge in [0.25, 0.3) is 0 Å². The largest absolute Gasteiger partial charge is 0.463 e. The van der Waals surface area contributed by atoms with Gasteiger partial charge in [-0.05, 0) is 49.4 Å². The van der Waals surface area contributed by atoms with Crippen molar-refractivity contribution in [2.24, 2.45) is 0 Å². The first-order valence-corrected chi connectivity index (χ1v) is 8.41. The number of hydrogen-bond acceptors (Lipinski definition) is 3. The molecule has 3 heterocycles. The summed E-state index contributed by atoms with van der Waals surface area (Å²) in [5.41, 5.74) is 0.325. The molecule has 0 saturated carbocycles. The first kappa shape index (κ1) is 16.8. The van der Waals surface area contributed by atoms with Gasteiger partial charge in [-0.1, -0.05) is 15.9 Å². The average molecular weight is 422 g/mol. The third-order valence-electron chi connectivity index (χ3n) is 3.96. The van der Waals surface area contributed by atoms with E-state index in [0.29, 0.717) is 5.69 Å². The van der Waals surface area contributed by atoms with E-state index in [2.05, 4.69) is 26.0 Å². The highest BCUT2D eigenvalue weighted by atomic mass is 79.9. The van der Waals surface area contributed by atoms with Crippen molar-refractivity contribution < 1.29 is 17.6 Å². The van der Waals surface area contributed by atoms with Crippen LogP contribution in [0.4, 0.5) is 13.2 Å². The molecule has 0 bridgehead atoms. The molecule has 0 unspecified atom stereocenters. The molecule has 0 atom stereocenters. The number of aromatic nitrogens is 3. The summed E-state index contributed by atoms with van der Waals surface area (Å²) in [6, 6.07) is 11.3. The third kappa shape index (κ3) is 2.80. The van der Waals surface area contributed by atoms with Crippen LogP contribution in [0.5, 0.6) is 0 Å². The second-order valence-electron chi connectivity index (χ2n) is 5.70. The number of rotatable bonds is 2. The fourth-order valence-electron chi connectivity index (χ4n) is 2.83. The highest BCUT2D eigenvalue weighted by molar-refractivity contribution is 9.10. The predicted octanol–water partition coefficient (Wildman–Crippen LogP) is 5.77. The molecule has 4 rings (SSSR count). The third-order valence-corrected chi connectivity index (χ3v) is 4.49. The van der Waals surface area contributed by atoms with E-state index in [4.69, 9.17) is 4.42 Å². The molecule has 0 radical (unpaired) electrons. The number of halogens is 4. The normalized spacial score (nSPS) is 12.0. The molecule has 0 amide bonds. The number of nitrogens with zero attached hydrogens (tertiary/aromatic N) is 3. The standard InChI is InChI=1S/C18H11BrF3N3O/c1-10-16-13(18(20,21)22)9-14(15-3-2-8-26-15)23-17(16)25(24-10)12-6-4-11(19)5-7-12/h2-9H,1H3. The van der Waals surface area contributed by atoms with Gasteiger partial charge in [-0.25, -0.2) is 9.67 Å². The zero-order valence-corrected chi connectivity index (χ0v) is 15.0. The molecule has 0 aliphatic heterocycles. The lowest BCUT2D eigenvalue weighted by molar-refractivity contribution is -0.136. The minimum absolute atomic E-state index is 0.0178. The lowest BCUT2D eigenvalue weighted by Crippen LogP contribution is -2.08. The van der Waals surface area contributed by atoms with Crippen LogP contribution in [0.1, 0.15) is 11.3 Å². The van der Waals surface area contributed by atoms with Crippen molar-refractivity contribution >= 4 is 27.0 Å². The van der Waals surface area contributed by atoms with Gasteiger partial charge in [-0.3, -0.25) is 0 Å². The number of fused-ring (bicyclic) bond motifs is 1. The molecule has 8 heteroatoms. The van der Waals surface area contributed by atoms with Crippen LogP contribution in [0, 0.1) is 6.92 Å². The monoisotopic (exact) mass is 421 g/mol. The maximum absolute atomic E-state index is 13.7. The number of furan rings is 1. The molecule has 1 aromatic carbocycles. The smallest absolute Gasteiger partial charge is 0.417 e. The maximum atomic E-state index is 13.7. The van der Waals surface area contributed by atoms with E-state index in [1.807, 2.05) is 0 Å². The van der Waals surface area contributed by atoms with E-state index >= 15 is 0 Å². The highest BCUT2D eigenvalue weighted by Gasteiger charge is 2.36. The summed E-state index contributed by atoms with van der Waals surface area (Å²) in [5.74, 6) is 0.263. The van der Waals surface area contributed by atoms with Crippen LogP contribution >= 0.6 is 15.9 Å². The minimum atomic E-state index is -4.54. The van der Waals surface area contributed by atoms with Crippen molar-refractivity contribution in [3.8, 4) is 17.1 Å². The van der Waals surface area contributed by atoms with Gasteiger partial charge < -0.3 is 4.42 Å². The van der Waals surface area contributed by atoms with E-state index in [9.17, 15) is 13.2 Å². The quantitative estimate of drug-likeness (QED) is 0.412. The minimum Gasteiger partial charge on any atom is -0.463 e. The van der Waals surface area contributed by atoms with Crippen LogP contribution in [-0.2, 0) is 6.18 Å². The summed E-state index contributed by atoms with van der Waals surface area (Å²) < 4.78 is 48.6. The summed E-state index contributed by atoms with van der Waals surface area (Å²) in [6.45, 7) is 1.54. The topological polar surface area (TPSA) is 43.9 Å². The van der Waals surface area contributed by atoms with Gasteiger partial charge in [-0.2, -0.15) is 18.3 Å². The Labute approximate surface area is 154 Å². The Balaban J connectivity index is 2.06. The van der Waals surface area contributed by atoms with Crippen LogP contribution in [-0.4, -0.2) is 14.8 Å². The molecule has 0 aliphatic rings. The molecule has 132 valence electrons. The summed E-state index contributed by atoms with van der Waals surface area (Å²) in [4.78, 5) is 4.41. The molecule has 0 saturated heterocycles. The van der Waals surface area contributed by atoms with E-state index in [-0.39, 0.29) is 28.2 Å². The predicted molar refractivity (Wildman–Crippen MR) is 94.0 cm³/mol. The lowest BCUT2D eigenvalue weighted by Gasteiger charge is -2.11. The van der Waals surface area contributed by atoms with Crippen LogP contribution in [0.2, 0.25) is 0 Å². The summed E-state index contributed by atoms with van der Waals surface area (Å²) in [6.07, 6.45) is -3.15. The number of alkyl halides is 3. The molecule has 3 aromatic heterocycles. The molecule has 4 nitrogen and oxygen atoms in total. The number of benzene rings is 1. The molecule has 0 aliphatic carbocycles. The van der Waals surface area contributed by atoms with Gasteiger partial charge in [0.05, 0.1) is 28.6 Å². The molecular weight excluding hydrogens is 411 g/mol. The summed E-state index contributed by atoms with van der Waals surface area (Å²) in [7, 11) is 0. The van der Waals surface area contributed by atoms with Crippen LogP contribution in [0.15, 0.2) is 57.6 Å². The van der Waals surface area contributed by atoms with Crippen molar-refractivity contribution in [3.05, 3.63) is 64.5 Å². The molecule has 0 fully saturated rings. The van der Waals surface area contributed by atoms with Gasteiger partial charge in [0.2, 0.25) is 0 Å². The van der Waals surface area contributed by atoms with Crippen LogP contribution < -0.4 is 0 Å². The Bertz CT molecular complexity index is 1080. The second kappa shape index (κ2) is 5.98. The van der Waals surface area contributed by atoms with Crippen molar-refractivity contribution in [3.63, 3.8) is 0 Å². The Morgan fingerprint density at radius 3 is 2.46 bits per heavy atom. The van der Waals surface area contributed by atoms with Crippen molar-refractivity contribution in [1.29, 1.82) is 0 Å². The lowest BCUT2D eigenvalue weighted by atomic mass is 10.1. The molecule has 0 spiro atoms. The SMILES string of the molecule is Cc1nn(-c2ccc(Br)cc2)c2nc(-c3ccco3)cc(C(F)(F)F)c12. The van der Waals surface area contributed by atoms with E-state index < -0.39 is 11.7 Å². The van der Waals surface area contributed by atoms with Crippen LogP contribution in [0.3, 0.4) is 0 Å². The van der Waals surface area contributed by atoms with Crippen molar-refractivity contribution in [1.82, 2.24) is 14.8 Å². The molecule has 26 heavy (non-hydrogen) atoms. The maximum Gasteiger partial charge on any atom is 0.417 e. The fraction of sp³-hybridized carbons (Fsp3) is 0.111. The molecule has 4 aromatic rings. The van der Waals surface area contributed by atoms with E-state index in [1.54, 1.807) is 43.3 Å². The number of aryl methyl sites for hydroxylation is 1. The van der Waals surface area contributed by atoms with Gasteiger partial charge in [0.15, 0.2) is 11.4 Å². The number of pyridine rings is 1. The van der Waals surface area contributed by atoms with Crippen LogP contribution in [0.25, 0.3) is 28.2 Å². The van der Waals surface area contributed by atoms with Gasteiger partial charge in [0.1, 0.15) is 5.69 Å². The van der Waals surface area contributed by atoms with Crippen molar-refractivity contribution in [2.75, 3.05) is 0 Å². The van der Waals surface area contributed by atoms with Gasteiger partial charge in [0, 0.05) is 4.47 Å². The number of hydrogen-bond donors (Lipinski definition) is 0. The zero-order valence-electron chi connectivity index (χ0n) is 13.4. The van der Waals surface area contributed by atoms with Crippen molar-refractivity contribution in [2.45, 2.75) is 13.1 Å². The van der Waals surface area contributed by atoms with Gasteiger partial charge in [-0.15, -0.1) is 0 Å². The second-order valence-corrected chi connectivity index (χ2v) is 6.62. The molecule has 0 N–H and O–H groups in total. The van der Waals surface area contributed by atoms with E-state index in [1.165, 1.54) is 10.9 Å². The molecular formula is C18H11BrF3N3O. The van der Waals surface area contributed by atoms with E-state index in [0.717, 1.165) is 10.5 Å². The average Bonchev–Trinajstić information content (AvgIpc) is 3.23. The Kier molecular flexibility index (Phi) is 3.87. The Hall–Kier alpha value is -2.61. The fourth-order valence-corrected chi connectivity index (χ4v) is 3.09. The first-order chi connectivity index (χ1) is 12.3. The van der Waals surface area contributed by atoms with Gasteiger partial charge >= 0.3 is 6.18 Å². The summed E-state index contributed by atoms with van der Waals surface area (Å²) in [5, 5.41) is 4.28. The summed E-state index contributed by atoms with van der Waals surface area (Å²) >= 11 is 3.34. The first-order valence-electron chi connectivity index (χ1n) is 7.62.